The quantitative estimate of drug-likeness (QED) is 0.752. The number of amides is 1. The monoisotopic (exact) mass is 258 g/mol. The van der Waals surface area contributed by atoms with E-state index >= 15 is 0 Å². The second-order valence-corrected chi connectivity index (χ2v) is 4.54. The van der Waals surface area contributed by atoms with E-state index in [9.17, 15) is 9.59 Å². The Kier molecular flexibility index (Phi) is 3.52. The molecule has 1 amide bonds. The van der Waals surface area contributed by atoms with Gasteiger partial charge in [-0.2, -0.15) is 5.26 Å². The lowest BCUT2D eigenvalue weighted by Gasteiger charge is -2.17. The third kappa shape index (κ3) is 2.43. The summed E-state index contributed by atoms with van der Waals surface area (Å²) in [6.07, 6.45) is 0.155. The Hall–Kier alpha value is -2.35. The first kappa shape index (κ1) is 13.1. The highest BCUT2D eigenvalue weighted by Crippen LogP contribution is 2.27. The van der Waals surface area contributed by atoms with Crippen molar-refractivity contribution in [2.24, 2.45) is 5.92 Å². The number of rotatable bonds is 2. The van der Waals surface area contributed by atoms with Gasteiger partial charge in [-0.25, -0.2) is 0 Å². The lowest BCUT2D eigenvalue weighted by atomic mass is 10.1. The fraction of sp³-hybridized carbons (Fsp3) is 0.357. The molecule has 2 rings (SSSR count). The van der Waals surface area contributed by atoms with Crippen molar-refractivity contribution in [2.45, 2.75) is 13.3 Å². The van der Waals surface area contributed by atoms with Gasteiger partial charge in [0.05, 0.1) is 24.7 Å². The molecule has 1 fully saturated rings. The summed E-state index contributed by atoms with van der Waals surface area (Å²) in [6.45, 7) is 2.14. The van der Waals surface area contributed by atoms with E-state index < -0.39 is 5.92 Å². The molecule has 0 N–H and O–H groups in total. The van der Waals surface area contributed by atoms with Gasteiger partial charge in [-0.05, 0) is 24.6 Å². The summed E-state index contributed by atoms with van der Waals surface area (Å²) in [6, 6.07) is 7.35. The number of aryl methyl sites for hydroxylation is 1. The summed E-state index contributed by atoms with van der Waals surface area (Å²) in [4.78, 5) is 24.9. The maximum absolute atomic E-state index is 11.9. The van der Waals surface area contributed by atoms with Gasteiger partial charge in [-0.15, -0.1) is 0 Å². The molecule has 0 aromatic heterocycles. The van der Waals surface area contributed by atoms with E-state index in [1.54, 1.807) is 18.2 Å². The third-order valence-electron chi connectivity index (χ3n) is 3.31. The largest absolute Gasteiger partial charge is 0.469 e. The van der Waals surface area contributed by atoms with E-state index in [1.807, 2.05) is 6.92 Å². The predicted octanol–water partition coefficient (Wildman–Crippen LogP) is 1.39. The summed E-state index contributed by atoms with van der Waals surface area (Å²) in [5.74, 6) is -0.920. The number of carbonyl (C=O) groups is 2. The molecule has 1 aliphatic heterocycles. The summed E-state index contributed by atoms with van der Waals surface area (Å²) >= 11 is 0. The molecule has 5 heteroatoms. The molecule has 1 aromatic rings. The zero-order chi connectivity index (χ0) is 14.0. The normalized spacial score (nSPS) is 18.3. The molecule has 5 nitrogen and oxygen atoms in total. The number of methoxy groups -OCH3 is 1. The Morgan fingerprint density at radius 2 is 2.26 bits per heavy atom. The van der Waals surface area contributed by atoms with Crippen LogP contribution in [0.25, 0.3) is 0 Å². The van der Waals surface area contributed by atoms with Crippen molar-refractivity contribution in [3.8, 4) is 6.07 Å². The van der Waals surface area contributed by atoms with Crippen LogP contribution in [0.15, 0.2) is 18.2 Å². The number of hydrogen-bond acceptors (Lipinski definition) is 4. The minimum Gasteiger partial charge on any atom is -0.469 e. The molecule has 1 heterocycles. The zero-order valence-corrected chi connectivity index (χ0v) is 10.8. The standard InChI is InChI=1S/C14H14N2O3/c1-9-3-4-12(5-10(9)7-15)16-8-11(6-13(16)17)14(18)19-2/h3-5,11H,6,8H2,1-2H3. The first-order chi connectivity index (χ1) is 9.06. The lowest BCUT2D eigenvalue weighted by molar-refractivity contribution is -0.145. The first-order valence-corrected chi connectivity index (χ1v) is 5.95. The maximum atomic E-state index is 11.9. The Morgan fingerprint density at radius 3 is 2.89 bits per heavy atom. The highest BCUT2D eigenvalue weighted by molar-refractivity contribution is 5.99. The van der Waals surface area contributed by atoms with Crippen LogP contribution in [-0.2, 0) is 14.3 Å². The molecule has 98 valence electrons. The molecular weight excluding hydrogens is 244 g/mol. The molecule has 0 bridgehead atoms. The van der Waals surface area contributed by atoms with Gasteiger partial charge in [0, 0.05) is 18.7 Å². The van der Waals surface area contributed by atoms with Crippen LogP contribution in [0, 0.1) is 24.2 Å². The van der Waals surface area contributed by atoms with Crippen molar-refractivity contribution in [2.75, 3.05) is 18.6 Å². The summed E-state index contributed by atoms with van der Waals surface area (Å²) in [5.41, 5.74) is 2.05. The highest BCUT2D eigenvalue weighted by Gasteiger charge is 2.35. The van der Waals surface area contributed by atoms with Crippen LogP contribution in [0.1, 0.15) is 17.5 Å². The fourth-order valence-corrected chi connectivity index (χ4v) is 2.18. The maximum Gasteiger partial charge on any atom is 0.311 e. The van der Waals surface area contributed by atoms with E-state index in [0.29, 0.717) is 17.8 Å². The molecule has 0 radical (unpaired) electrons. The molecule has 1 atom stereocenters. The van der Waals surface area contributed by atoms with E-state index in [4.69, 9.17) is 5.26 Å². The second-order valence-electron chi connectivity index (χ2n) is 4.54. The Bertz CT molecular complexity index is 575. The fourth-order valence-electron chi connectivity index (χ4n) is 2.18. The Labute approximate surface area is 111 Å². The van der Waals surface area contributed by atoms with Crippen LogP contribution in [-0.4, -0.2) is 25.5 Å². The molecule has 0 saturated carbocycles. The van der Waals surface area contributed by atoms with Crippen LogP contribution >= 0.6 is 0 Å². The molecule has 1 saturated heterocycles. The number of ether oxygens (including phenoxy) is 1. The smallest absolute Gasteiger partial charge is 0.311 e. The van der Waals surface area contributed by atoms with Crippen molar-refractivity contribution >= 4 is 17.6 Å². The number of hydrogen-bond donors (Lipinski definition) is 0. The van der Waals surface area contributed by atoms with Gasteiger partial charge < -0.3 is 9.64 Å². The van der Waals surface area contributed by atoms with Crippen molar-refractivity contribution in [1.82, 2.24) is 0 Å². The average Bonchev–Trinajstić information content (AvgIpc) is 2.80. The van der Waals surface area contributed by atoms with Gasteiger partial charge in [0.15, 0.2) is 0 Å². The average molecular weight is 258 g/mol. The van der Waals surface area contributed by atoms with Crippen LogP contribution in [0.3, 0.4) is 0 Å². The van der Waals surface area contributed by atoms with Crippen LogP contribution < -0.4 is 4.90 Å². The van der Waals surface area contributed by atoms with Gasteiger partial charge in [-0.3, -0.25) is 9.59 Å². The number of carbonyl (C=O) groups excluding carboxylic acids is 2. The zero-order valence-electron chi connectivity index (χ0n) is 10.8. The van der Waals surface area contributed by atoms with Gasteiger partial charge >= 0.3 is 5.97 Å². The first-order valence-electron chi connectivity index (χ1n) is 5.95. The molecular formula is C14H14N2O3. The van der Waals surface area contributed by atoms with E-state index in [-0.39, 0.29) is 18.3 Å². The Morgan fingerprint density at radius 1 is 1.53 bits per heavy atom. The third-order valence-corrected chi connectivity index (χ3v) is 3.31. The molecule has 1 aromatic carbocycles. The van der Waals surface area contributed by atoms with Crippen molar-refractivity contribution < 1.29 is 14.3 Å². The number of benzene rings is 1. The van der Waals surface area contributed by atoms with Crippen LogP contribution in [0.5, 0.6) is 0 Å². The molecule has 19 heavy (non-hydrogen) atoms. The minimum absolute atomic E-state index is 0.122. The number of nitriles is 1. The minimum atomic E-state index is -0.427. The van der Waals surface area contributed by atoms with Crippen LogP contribution in [0.4, 0.5) is 5.69 Å². The SMILES string of the molecule is COC(=O)C1CC(=O)N(c2ccc(C)c(C#N)c2)C1. The Balaban J connectivity index is 2.26. The van der Waals surface area contributed by atoms with E-state index in [1.165, 1.54) is 12.0 Å². The van der Waals surface area contributed by atoms with E-state index in [0.717, 1.165) is 5.56 Å². The van der Waals surface area contributed by atoms with Crippen molar-refractivity contribution in [3.63, 3.8) is 0 Å². The van der Waals surface area contributed by atoms with Gasteiger partial charge in [0.1, 0.15) is 0 Å². The second kappa shape index (κ2) is 5.11. The summed E-state index contributed by atoms with van der Waals surface area (Å²) in [5, 5.41) is 9.00. The molecule has 0 spiro atoms. The number of anilines is 1. The number of nitrogens with zero attached hydrogens (tertiary/aromatic N) is 2. The van der Waals surface area contributed by atoms with Crippen LogP contribution in [0.2, 0.25) is 0 Å². The molecule has 1 aliphatic rings. The highest BCUT2D eigenvalue weighted by atomic mass is 16.5. The van der Waals surface area contributed by atoms with E-state index in [2.05, 4.69) is 10.8 Å². The number of esters is 1. The molecule has 1 unspecified atom stereocenters. The summed E-state index contributed by atoms with van der Waals surface area (Å²) < 4.78 is 4.66. The van der Waals surface area contributed by atoms with Crippen molar-refractivity contribution in [1.29, 1.82) is 5.26 Å². The van der Waals surface area contributed by atoms with Crippen molar-refractivity contribution in [3.05, 3.63) is 29.3 Å². The topological polar surface area (TPSA) is 70.4 Å². The lowest BCUT2D eigenvalue weighted by Crippen LogP contribution is -2.26. The summed E-state index contributed by atoms with van der Waals surface area (Å²) in [7, 11) is 1.31. The molecule has 0 aliphatic carbocycles. The van der Waals surface area contributed by atoms with Gasteiger partial charge in [-0.1, -0.05) is 6.07 Å². The van der Waals surface area contributed by atoms with Gasteiger partial charge in [0.2, 0.25) is 5.91 Å². The van der Waals surface area contributed by atoms with Gasteiger partial charge in [0.25, 0.3) is 0 Å². The predicted molar refractivity (Wildman–Crippen MR) is 68.4 cm³/mol.